The van der Waals surface area contributed by atoms with Gasteiger partial charge < -0.3 is 14.5 Å². The zero-order chi connectivity index (χ0) is 11.1. The second-order valence-corrected chi connectivity index (χ2v) is 3.56. The normalized spacial score (nSPS) is 11.1. The number of fused-ring (bicyclic) bond motifs is 3. The summed E-state index contributed by atoms with van der Waals surface area (Å²) < 4.78 is 5.51. The van der Waals surface area contributed by atoms with E-state index < -0.39 is 7.12 Å². The molecule has 0 saturated carbocycles. The first-order valence-corrected chi connectivity index (χ1v) is 4.89. The molecule has 2 heterocycles. The second kappa shape index (κ2) is 3.33. The number of hydrogen-bond acceptors (Lipinski definition) is 4. The second-order valence-electron chi connectivity index (χ2n) is 3.56. The molecule has 0 spiro atoms. The Kier molecular flexibility index (Phi) is 1.95. The van der Waals surface area contributed by atoms with Gasteiger partial charge in [0.1, 0.15) is 5.58 Å². The molecule has 3 aromatic rings. The maximum absolute atomic E-state index is 9.22. The molecule has 0 unspecified atom stereocenters. The zero-order valence-electron chi connectivity index (χ0n) is 8.29. The first-order chi connectivity index (χ1) is 7.77. The van der Waals surface area contributed by atoms with Crippen LogP contribution in [0, 0.1) is 0 Å². The number of furan rings is 1. The lowest BCUT2D eigenvalue weighted by Gasteiger charge is -1.98. The van der Waals surface area contributed by atoms with Crippen molar-refractivity contribution in [1.29, 1.82) is 0 Å². The zero-order valence-corrected chi connectivity index (χ0v) is 8.29. The molecule has 0 aliphatic heterocycles. The van der Waals surface area contributed by atoms with Crippen LogP contribution in [0.25, 0.3) is 22.1 Å². The molecule has 78 valence electrons. The van der Waals surface area contributed by atoms with Crippen molar-refractivity contribution < 1.29 is 14.5 Å². The molecule has 0 atom stereocenters. The molecule has 0 radical (unpaired) electrons. The minimum atomic E-state index is -1.54. The molecule has 3 rings (SSSR count). The molecule has 0 bridgehead atoms. The van der Waals surface area contributed by atoms with Gasteiger partial charge in [-0.25, -0.2) is 4.98 Å². The van der Waals surface area contributed by atoms with Crippen LogP contribution in [0.4, 0.5) is 0 Å². The van der Waals surface area contributed by atoms with Crippen molar-refractivity contribution >= 4 is 34.7 Å². The maximum atomic E-state index is 9.22. The van der Waals surface area contributed by atoms with Crippen molar-refractivity contribution in [3.8, 4) is 0 Å². The van der Waals surface area contributed by atoms with E-state index in [1.807, 2.05) is 18.2 Å². The number of aromatic nitrogens is 1. The summed E-state index contributed by atoms with van der Waals surface area (Å²) in [6, 6.07) is 8.96. The highest BCUT2D eigenvalue weighted by Crippen LogP contribution is 2.25. The van der Waals surface area contributed by atoms with Crippen LogP contribution in [-0.2, 0) is 0 Å². The van der Waals surface area contributed by atoms with Crippen LogP contribution < -0.4 is 5.46 Å². The van der Waals surface area contributed by atoms with Gasteiger partial charge in [0.25, 0.3) is 0 Å². The van der Waals surface area contributed by atoms with E-state index in [0.717, 1.165) is 10.8 Å². The molecule has 1 aromatic carbocycles. The number of nitrogens with zero attached hydrogens (tertiary/aromatic N) is 1. The summed E-state index contributed by atoms with van der Waals surface area (Å²) in [5, 5.41) is 20.2. The lowest BCUT2D eigenvalue weighted by Crippen LogP contribution is -2.29. The van der Waals surface area contributed by atoms with E-state index in [-0.39, 0.29) is 0 Å². The Balaban J connectivity index is 2.49. The fourth-order valence-electron chi connectivity index (χ4n) is 1.86. The van der Waals surface area contributed by atoms with Gasteiger partial charge in [-0.15, -0.1) is 0 Å². The summed E-state index contributed by atoms with van der Waals surface area (Å²) in [5.41, 5.74) is 1.34. The van der Waals surface area contributed by atoms with Crippen LogP contribution in [0.15, 0.2) is 40.9 Å². The number of rotatable bonds is 1. The summed E-state index contributed by atoms with van der Waals surface area (Å²) in [6.07, 6.45) is 1.64. The van der Waals surface area contributed by atoms with E-state index in [1.54, 1.807) is 18.3 Å². The van der Waals surface area contributed by atoms with Gasteiger partial charge in [0.05, 0.1) is 0 Å². The molecule has 5 heteroatoms. The smallest absolute Gasteiger partial charge is 0.438 e. The first kappa shape index (κ1) is 9.39. The largest absolute Gasteiger partial charge is 0.492 e. The Morgan fingerprint density at radius 2 is 1.88 bits per heavy atom. The maximum Gasteiger partial charge on any atom is 0.492 e. The summed E-state index contributed by atoms with van der Waals surface area (Å²) in [7, 11) is -1.54. The molecule has 2 aromatic heterocycles. The monoisotopic (exact) mass is 213 g/mol. The van der Waals surface area contributed by atoms with Crippen LogP contribution in [0.3, 0.4) is 0 Å². The van der Waals surface area contributed by atoms with E-state index >= 15 is 0 Å². The van der Waals surface area contributed by atoms with Gasteiger partial charge in [-0.2, -0.15) is 0 Å². The Morgan fingerprint density at radius 1 is 1.06 bits per heavy atom. The molecule has 0 aliphatic carbocycles. The summed E-state index contributed by atoms with van der Waals surface area (Å²) in [6.45, 7) is 0. The van der Waals surface area contributed by atoms with E-state index in [9.17, 15) is 10.0 Å². The van der Waals surface area contributed by atoms with Gasteiger partial charge >= 0.3 is 7.12 Å². The van der Waals surface area contributed by atoms with Gasteiger partial charge in [0.2, 0.25) is 5.71 Å². The Bertz CT molecular complexity index is 662. The van der Waals surface area contributed by atoms with E-state index in [2.05, 4.69) is 4.98 Å². The highest BCUT2D eigenvalue weighted by atomic mass is 16.4. The van der Waals surface area contributed by atoms with Crippen molar-refractivity contribution in [2.45, 2.75) is 0 Å². The van der Waals surface area contributed by atoms with Crippen molar-refractivity contribution in [2.24, 2.45) is 0 Å². The summed E-state index contributed by atoms with van der Waals surface area (Å²) >= 11 is 0. The highest BCUT2D eigenvalue weighted by Gasteiger charge is 2.18. The molecule has 2 N–H and O–H groups in total. The van der Waals surface area contributed by atoms with Crippen molar-refractivity contribution in [2.75, 3.05) is 0 Å². The Hall–Kier alpha value is -1.85. The lowest BCUT2D eigenvalue weighted by atomic mass is 9.79. The van der Waals surface area contributed by atoms with Gasteiger partial charge in [0.15, 0.2) is 0 Å². The highest BCUT2D eigenvalue weighted by molar-refractivity contribution is 6.61. The van der Waals surface area contributed by atoms with E-state index in [4.69, 9.17) is 4.42 Å². The average Bonchev–Trinajstić information content (AvgIpc) is 2.67. The molecule has 0 amide bonds. The number of para-hydroxylation sites is 1. The van der Waals surface area contributed by atoms with Crippen LogP contribution in [-0.4, -0.2) is 22.2 Å². The number of benzene rings is 1. The summed E-state index contributed by atoms with van der Waals surface area (Å²) in [4.78, 5) is 4.09. The van der Waals surface area contributed by atoms with Gasteiger partial charge in [0, 0.05) is 22.4 Å². The van der Waals surface area contributed by atoms with E-state index in [0.29, 0.717) is 16.8 Å². The molecule has 0 fully saturated rings. The number of pyridine rings is 1. The predicted molar refractivity (Wildman–Crippen MR) is 61.3 cm³/mol. The lowest BCUT2D eigenvalue weighted by molar-refractivity contribution is 0.425. The minimum absolute atomic E-state index is 0.357. The third-order valence-electron chi connectivity index (χ3n) is 2.58. The van der Waals surface area contributed by atoms with Crippen LogP contribution >= 0.6 is 0 Å². The Morgan fingerprint density at radius 3 is 2.69 bits per heavy atom. The first-order valence-electron chi connectivity index (χ1n) is 4.89. The van der Waals surface area contributed by atoms with Crippen LogP contribution in [0.5, 0.6) is 0 Å². The minimum Gasteiger partial charge on any atom is -0.438 e. The number of hydrogen-bond donors (Lipinski definition) is 2. The SMILES string of the molecule is OB(O)c1cccc2c1oc1ncccc12. The topological polar surface area (TPSA) is 66.5 Å². The molecular weight excluding hydrogens is 205 g/mol. The average molecular weight is 213 g/mol. The van der Waals surface area contributed by atoms with Crippen molar-refractivity contribution in [3.05, 3.63) is 36.5 Å². The quantitative estimate of drug-likeness (QED) is 0.582. The third kappa shape index (κ3) is 1.22. The van der Waals surface area contributed by atoms with Crippen LogP contribution in [0.2, 0.25) is 0 Å². The van der Waals surface area contributed by atoms with Gasteiger partial charge in [-0.1, -0.05) is 18.2 Å². The third-order valence-corrected chi connectivity index (χ3v) is 2.58. The molecular formula is C11H8BNO3. The standard InChI is InChI=1S/C11H8BNO3/c14-12(15)9-5-1-3-7-8-4-2-6-13-11(8)16-10(7)9/h1-6,14-15H. The fourth-order valence-corrected chi connectivity index (χ4v) is 1.86. The molecule has 16 heavy (non-hydrogen) atoms. The van der Waals surface area contributed by atoms with Crippen molar-refractivity contribution in [1.82, 2.24) is 4.98 Å². The fraction of sp³-hybridized carbons (Fsp3) is 0. The van der Waals surface area contributed by atoms with Crippen molar-refractivity contribution in [3.63, 3.8) is 0 Å². The summed E-state index contributed by atoms with van der Waals surface area (Å²) in [5.74, 6) is 0. The Labute approximate surface area is 91.3 Å². The van der Waals surface area contributed by atoms with Gasteiger partial charge in [-0.3, -0.25) is 0 Å². The molecule has 0 aliphatic rings. The van der Waals surface area contributed by atoms with Gasteiger partial charge in [-0.05, 0) is 12.1 Å². The molecule has 4 nitrogen and oxygen atoms in total. The van der Waals surface area contributed by atoms with Crippen LogP contribution in [0.1, 0.15) is 0 Å². The predicted octanol–water partition coefficient (Wildman–Crippen LogP) is 0.661. The molecule has 0 saturated heterocycles. The van der Waals surface area contributed by atoms with E-state index in [1.165, 1.54) is 0 Å².